The van der Waals surface area contributed by atoms with E-state index in [9.17, 15) is 0 Å². The summed E-state index contributed by atoms with van der Waals surface area (Å²) in [5, 5.41) is 3.67. The molecule has 2 atom stereocenters. The molecule has 1 N–H and O–H groups in total. The van der Waals surface area contributed by atoms with Crippen LogP contribution in [0.5, 0.6) is 5.75 Å². The molecule has 2 unspecified atom stereocenters. The molecule has 1 aromatic rings. The van der Waals surface area contributed by atoms with E-state index in [0.717, 1.165) is 24.8 Å². The SMILES string of the molecule is Cc1cc(C)c(OCCNC2CCCCC2C)c(C)c1. The van der Waals surface area contributed by atoms with E-state index in [-0.39, 0.29) is 0 Å². The summed E-state index contributed by atoms with van der Waals surface area (Å²) in [7, 11) is 0. The molecule has 1 fully saturated rings. The fraction of sp³-hybridized carbons (Fsp3) is 0.667. The Hall–Kier alpha value is -1.02. The standard InChI is InChI=1S/C18H29NO/c1-13-11-15(3)18(16(4)12-13)20-10-9-19-17-8-6-5-7-14(17)2/h11-12,14,17,19H,5-10H2,1-4H3. The van der Waals surface area contributed by atoms with Crippen molar-refractivity contribution in [1.82, 2.24) is 5.32 Å². The fourth-order valence-corrected chi connectivity index (χ4v) is 3.41. The predicted octanol–water partition coefficient (Wildman–Crippen LogP) is 4.16. The lowest BCUT2D eigenvalue weighted by Crippen LogP contribution is -2.39. The molecule has 0 aromatic heterocycles. The summed E-state index contributed by atoms with van der Waals surface area (Å²) < 4.78 is 5.99. The Bertz CT molecular complexity index is 418. The van der Waals surface area contributed by atoms with Gasteiger partial charge in [-0.25, -0.2) is 0 Å². The zero-order valence-electron chi connectivity index (χ0n) is 13.5. The molecule has 1 aliphatic carbocycles. The lowest BCUT2D eigenvalue weighted by atomic mass is 9.86. The Balaban J connectivity index is 1.78. The Morgan fingerprint density at radius 3 is 2.40 bits per heavy atom. The highest BCUT2D eigenvalue weighted by atomic mass is 16.5. The number of nitrogens with one attached hydrogen (secondary N) is 1. The van der Waals surface area contributed by atoms with Gasteiger partial charge in [-0.3, -0.25) is 0 Å². The van der Waals surface area contributed by atoms with Crippen molar-refractivity contribution in [3.63, 3.8) is 0 Å². The first-order chi connectivity index (χ1) is 9.58. The van der Waals surface area contributed by atoms with Crippen molar-refractivity contribution in [3.05, 3.63) is 28.8 Å². The van der Waals surface area contributed by atoms with Crippen LogP contribution in [0.25, 0.3) is 0 Å². The number of aryl methyl sites for hydroxylation is 3. The lowest BCUT2D eigenvalue weighted by molar-refractivity contribution is 0.250. The zero-order chi connectivity index (χ0) is 14.5. The van der Waals surface area contributed by atoms with Crippen molar-refractivity contribution in [3.8, 4) is 5.75 Å². The largest absolute Gasteiger partial charge is 0.492 e. The van der Waals surface area contributed by atoms with Crippen LogP contribution in [-0.2, 0) is 0 Å². The van der Waals surface area contributed by atoms with Gasteiger partial charge in [-0.05, 0) is 50.7 Å². The molecule has 0 heterocycles. The number of hydrogen-bond acceptors (Lipinski definition) is 2. The molecule has 0 radical (unpaired) electrons. The minimum atomic E-state index is 0.688. The van der Waals surface area contributed by atoms with Crippen molar-refractivity contribution in [2.75, 3.05) is 13.2 Å². The summed E-state index contributed by atoms with van der Waals surface area (Å²) in [5.74, 6) is 1.88. The molecule has 0 saturated heterocycles. The van der Waals surface area contributed by atoms with Gasteiger partial charge in [-0.15, -0.1) is 0 Å². The minimum absolute atomic E-state index is 0.688. The number of hydrogen-bond donors (Lipinski definition) is 1. The van der Waals surface area contributed by atoms with Crippen molar-refractivity contribution in [2.45, 2.75) is 59.4 Å². The Morgan fingerprint density at radius 1 is 1.10 bits per heavy atom. The first-order valence-electron chi connectivity index (χ1n) is 8.02. The molecule has 2 heteroatoms. The molecule has 1 saturated carbocycles. The van der Waals surface area contributed by atoms with E-state index in [2.05, 4.69) is 45.1 Å². The van der Waals surface area contributed by atoms with Gasteiger partial charge in [0.05, 0.1) is 0 Å². The van der Waals surface area contributed by atoms with Gasteiger partial charge in [0.2, 0.25) is 0 Å². The van der Waals surface area contributed by atoms with E-state index < -0.39 is 0 Å². The molecule has 0 spiro atoms. The van der Waals surface area contributed by atoms with Crippen molar-refractivity contribution < 1.29 is 4.74 Å². The molecular weight excluding hydrogens is 246 g/mol. The third kappa shape index (κ3) is 3.99. The lowest BCUT2D eigenvalue weighted by Gasteiger charge is -2.29. The Morgan fingerprint density at radius 2 is 1.75 bits per heavy atom. The third-order valence-corrected chi connectivity index (χ3v) is 4.47. The molecule has 1 aliphatic rings. The van der Waals surface area contributed by atoms with Gasteiger partial charge >= 0.3 is 0 Å². The van der Waals surface area contributed by atoms with Gasteiger partial charge < -0.3 is 10.1 Å². The monoisotopic (exact) mass is 275 g/mol. The summed E-state index contributed by atoms with van der Waals surface area (Å²) in [4.78, 5) is 0. The van der Waals surface area contributed by atoms with Crippen LogP contribution in [0.4, 0.5) is 0 Å². The van der Waals surface area contributed by atoms with Crippen LogP contribution in [0.1, 0.15) is 49.3 Å². The van der Waals surface area contributed by atoms with Crippen LogP contribution < -0.4 is 10.1 Å². The predicted molar refractivity (Wildman–Crippen MR) is 85.6 cm³/mol. The topological polar surface area (TPSA) is 21.3 Å². The highest BCUT2D eigenvalue weighted by molar-refractivity contribution is 5.42. The molecule has 0 bridgehead atoms. The highest BCUT2D eigenvalue weighted by Crippen LogP contribution is 2.25. The van der Waals surface area contributed by atoms with Gasteiger partial charge in [0, 0.05) is 12.6 Å². The zero-order valence-corrected chi connectivity index (χ0v) is 13.5. The smallest absolute Gasteiger partial charge is 0.125 e. The first kappa shape index (κ1) is 15.4. The number of ether oxygens (including phenoxy) is 1. The van der Waals surface area contributed by atoms with Crippen LogP contribution in [0.3, 0.4) is 0 Å². The first-order valence-corrected chi connectivity index (χ1v) is 8.02. The summed E-state index contributed by atoms with van der Waals surface area (Å²) in [5.41, 5.74) is 3.79. The van der Waals surface area contributed by atoms with Crippen LogP contribution in [0.2, 0.25) is 0 Å². The van der Waals surface area contributed by atoms with E-state index in [1.165, 1.54) is 42.4 Å². The van der Waals surface area contributed by atoms with E-state index in [1.807, 2.05) is 0 Å². The fourth-order valence-electron chi connectivity index (χ4n) is 3.41. The van der Waals surface area contributed by atoms with Crippen molar-refractivity contribution in [1.29, 1.82) is 0 Å². The maximum Gasteiger partial charge on any atom is 0.125 e. The van der Waals surface area contributed by atoms with Gasteiger partial charge in [0.1, 0.15) is 12.4 Å². The normalized spacial score (nSPS) is 22.8. The maximum atomic E-state index is 5.99. The molecule has 1 aromatic carbocycles. The minimum Gasteiger partial charge on any atom is -0.492 e. The number of rotatable bonds is 5. The molecule has 2 rings (SSSR count). The van der Waals surface area contributed by atoms with Gasteiger partial charge in [0.15, 0.2) is 0 Å². The molecule has 112 valence electrons. The van der Waals surface area contributed by atoms with Crippen LogP contribution in [0, 0.1) is 26.7 Å². The van der Waals surface area contributed by atoms with E-state index in [4.69, 9.17) is 4.74 Å². The van der Waals surface area contributed by atoms with Gasteiger partial charge in [-0.1, -0.05) is 37.5 Å². The van der Waals surface area contributed by atoms with Crippen LogP contribution >= 0.6 is 0 Å². The average molecular weight is 275 g/mol. The van der Waals surface area contributed by atoms with Crippen LogP contribution in [0.15, 0.2) is 12.1 Å². The summed E-state index contributed by atoms with van der Waals surface area (Å²) in [6, 6.07) is 5.07. The second kappa shape index (κ2) is 7.12. The Labute approximate surface area is 123 Å². The van der Waals surface area contributed by atoms with Gasteiger partial charge in [0.25, 0.3) is 0 Å². The second-order valence-corrected chi connectivity index (χ2v) is 6.40. The summed E-state index contributed by atoms with van der Waals surface area (Å²) in [6.45, 7) is 10.5. The molecule has 0 amide bonds. The highest BCUT2D eigenvalue weighted by Gasteiger charge is 2.20. The third-order valence-electron chi connectivity index (χ3n) is 4.47. The Kier molecular flexibility index (Phi) is 5.47. The molecule has 0 aliphatic heterocycles. The van der Waals surface area contributed by atoms with E-state index >= 15 is 0 Å². The maximum absolute atomic E-state index is 5.99. The quantitative estimate of drug-likeness (QED) is 0.815. The molecule has 2 nitrogen and oxygen atoms in total. The van der Waals surface area contributed by atoms with Crippen molar-refractivity contribution >= 4 is 0 Å². The second-order valence-electron chi connectivity index (χ2n) is 6.40. The number of benzene rings is 1. The average Bonchev–Trinajstić information content (AvgIpc) is 2.38. The van der Waals surface area contributed by atoms with Crippen molar-refractivity contribution in [2.24, 2.45) is 5.92 Å². The summed E-state index contributed by atoms with van der Waals surface area (Å²) in [6.07, 6.45) is 5.47. The molecular formula is C18H29NO. The van der Waals surface area contributed by atoms with Gasteiger partial charge in [-0.2, -0.15) is 0 Å². The molecule has 20 heavy (non-hydrogen) atoms. The van der Waals surface area contributed by atoms with E-state index in [1.54, 1.807) is 0 Å². The van der Waals surface area contributed by atoms with E-state index in [0.29, 0.717) is 6.04 Å². The summed E-state index contributed by atoms with van der Waals surface area (Å²) >= 11 is 0. The van der Waals surface area contributed by atoms with Crippen LogP contribution in [-0.4, -0.2) is 19.2 Å².